The molecule has 0 radical (unpaired) electrons. The number of carbonyl (C=O) groups is 4. The number of nitrogens with one attached hydrogen (secondary N) is 2. The van der Waals surface area contributed by atoms with Crippen LogP contribution in [0.3, 0.4) is 0 Å². The molecule has 45 heavy (non-hydrogen) atoms. The van der Waals surface area contributed by atoms with Crippen molar-refractivity contribution in [2.45, 2.75) is 97.4 Å². The molecule has 3 rings (SSSR count). The number of rotatable bonds is 15. The Kier molecular flexibility index (Phi) is 14.0. The Morgan fingerprint density at radius 1 is 1.13 bits per heavy atom. The van der Waals surface area contributed by atoms with Gasteiger partial charge < -0.3 is 20.3 Å². The van der Waals surface area contributed by atoms with Crippen molar-refractivity contribution < 1.29 is 23.9 Å². The van der Waals surface area contributed by atoms with Crippen molar-refractivity contribution in [3.8, 4) is 0 Å². The molecule has 2 N–H and O–H groups in total. The summed E-state index contributed by atoms with van der Waals surface area (Å²) in [5.74, 6) is -1.11. The minimum Gasteiger partial charge on any atom is -0.455 e. The molecule has 5 atom stereocenters. The van der Waals surface area contributed by atoms with E-state index in [9.17, 15) is 19.2 Å². The van der Waals surface area contributed by atoms with E-state index in [1.54, 1.807) is 17.3 Å². The van der Waals surface area contributed by atoms with Crippen molar-refractivity contribution in [3.05, 3.63) is 52.0 Å². The van der Waals surface area contributed by atoms with Crippen LogP contribution in [-0.2, 0) is 25.5 Å². The lowest BCUT2D eigenvalue weighted by molar-refractivity contribution is -0.149. The number of hydrogen-bond donors (Lipinski definition) is 2. The first-order valence-corrected chi connectivity index (χ1v) is 17.0. The summed E-state index contributed by atoms with van der Waals surface area (Å²) in [4.78, 5) is 60.7. The van der Waals surface area contributed by atoms with Crippen LogP contribution in [0.2, 0.25) is 0 Å². The van der Waals surface area contributed by atoms with Crippen molar-refractivity contribution in [2.24, 2.45) is 11.8 Å². The van der Waals surface area contributed by atoms with Crippen molar-refractivity contribution in [2.75, 3.05) is 27.2 Å². The van der Waals surface area contributed by atoms with Gasteiger partial charge in [0.1, 0.15) is 16.7 Å². The first kappa shape index (κ1) is 36.2. The number of ether oxygens (including phenoxy) is 1. The summed E-state index contributed by atoms with van der Waals surface area (Å²) in [6.07, 6.45) is 3.82. The minimum atomic E-state index is -0.742. The summed E-state index contributed by atoms with van der Waals surface area (Å²) < 4.78 is 5.73. The maximum atomic E-state index is 14.0. The van der Waals surface area contributed by atoms with E-state index in [0.717, 1.165) is 37.8 Å². The molecule has 248 valence electrons. The lowest BCUT2D eigenvalue weighted by Gasteiger charge is -2.38. The molecule has 2 aromatic rings. The average Bonchev–Trinajstić information content (AvgIpc) is 3.51. The number of likely N-dealkylation sites (tertiary alicyclic amines) is 1. The second-order valence-corrected chi connectivity index (χ2v) is 13.4. The number of hydrogen-bond acceptors (Lipinski definition) is 8. The molecule has 0 aliphatic carbocycles. The highest BCUT2D eigenvalue weighted by Crippen LogP contribution is 2.31. The quantitative estimate of drug-likeness (QED) is 0.273. The van der Waals surface area contributed by atoms with Gasteiger partial charge in [0.25, 0.3) is 5.91 Å². The summed E-state index contributed by atoms with van der Waals surface area (Å²) in [6, 6.07) is 8.66. The number of amides is 3. The van der Waals surface area contributed by atoms with E-state index in [-0.39, 0.29) is 47.3 Å². The first-order chi connectivity index (χ1) is 21.4. The van der Waals surface area contributed by atoms with E-state index < -0.39 is 18.1 Å². The van der Waals surface area contributed by atoms with E-state index in [4.69, 9.17) is 4.74 Å². The predicted molar refractivity (Wildman–Crippen MR) is 177 cm³/mol. The van der Waals surface area contributed by atoms with Crippen molar-refractivity contribution in [1.29, 1.82) is 0 Å². The molecule has 1 saturated heterocycles. The maximum Gasteiger partial charge on any atom is 0.303 e. The highest BCUT2D eigenvalue weighted by molar-refractivity contribution is 7.09. The molecular formula is C34H51N5O5S. The van der Waals surface area contributed by atoms with Crippen molar-refractivity contribution >= 4 is 35.0 Å². The molecule has 10 nitrogen and oxygen atoms in total. The molecule has 0 spiro atoms. The molecule has 1 aliphatic rings. The number of likely N-dealkylation sites (N-methyl/N-ethyl adjacent to an activating group) is 2. The number of aromatic nitrogens is 1. The predicted octanol–water partition coefficient (Wildman–Crippen LogP) is 4.61. The number of thiazole rings is 1. The molecule has 5 unspecified atom stereocenters. The molecule has 1 aromatic heterocycles. The Morgan fingerprint density at radius 2 is 1.84 bits per heavy atom. The Balaban J connectivity index is 1.74. The molecule has 0 bridgehead atoms. The van der Waals surface area contributed by atoms with Gasteiger partial charge in [0.05, 0.1) is 6.04 Å². The van der Waals surface area contributed by atoms with Gasteiger partial charge in [-0.25, -0.2) is 4.98 Å². The lowest BCUT2D eigenvalue weighted by atomic mass is 9.92. The third-order valence-electron chi connectivity index (χ3n) is 8.80. The third kappa shape index (κ3) is 10.4. The van der Waals surface area contributed by atoms with Gasteiger partial charge in [-0.05, 0) is 50.3 Å². The zero-order valence-electron chi connectivity index (χ0n) is 27.9. The number of carbonyl (C=O) groups excluding carboxylic acids is 4. The van der Waals surface area contributed by atoms with Crippen LogP contribution in [0.4, 0.5) is 0 Å². The van der Waals surface area contributed by atoms with Gasteiger partial charge >= 0.3 is 5.97 Å². The largest absolute Gasteiger partial charge is 0.455 e. The molecule has 11 heteroatoms. The second kappa shape index (κ2) is 17.4. The summed E-state index contributed by atoms with van der Waals surface area (Å²) in [5, 5.41) is 8.16. The van der Waals surface area contributed by atoms with Gasteiger partial charge in [-0.1, -0.05) is 70.9 Å². The van der Waals surface area contributed by atoms with E-state index in [2.05, 4.69) is 20.5 Å². The third-order valence-corrected chi connectivity index (χ3v) is 9.74. The van der Waals surface area contributed by atoms with E-state index in [1.807, 2.05) is 65.1 Å². The number of esters is 1. The van der Waals surface area contributed by atoms with Crippen LogP contribution in [0.5, 0.6) is 0 Å². The zero-order valence-corrected chi connectivity index (χ0v) is 28.7. The summed E-state index contributed by atoms with van der Waals surface area (Å²) in [5.41, 5.74) is 1.39. The molecule has 0 saturated carbocycles. The lowest BCUT2D eigenvalue weighted by Crippen LogP contribution is -2.58. The van der Waals surface area contributed by atoms with Gasteiger partial charge in [0.2, 0.25) is 11.8 Å². The van der Waals surface area contributed by atoms with Gasteiger partial charge in [-0.3, -0.25) is 24.1 Å². The fourth-order valence-electron chi connectivity index (χ4n) is 5.81. The van der Waals surface area contributed by atoms with Crippen LogP contribution in [0, 0.1) is 11.8 Å². The normalized spacial score (nSPS) is 18.0. The Hall–Kier alpha value is -3.31. The van der Waals surface area contributed by atoms with Crippen molar-refractivity contribution in [3.63, 3.8) is 0 Å². The van der Waals surface area contributed by atoms with Gasteiger partial charge in [-0.2, -0.15) is 0 Å². The fourth-order valence-corrected chi connectivity index (χ4v) is 6.65. The summed E-state index contributed by atoms with van der Waals surface area (Å²) in [7, 11) is 3.71. The van der Waals surface area contributed by atoms with Gasteiger partial charge in [0, 0.05) is 38.4 Å². The maximum absolute atomic E-state index is 14.0. The summed E-state index contributed by atoms with van der Waals surface area (Å²) >= 11 is 1.26. The van der Waals surface area contributed by atoms with Gasteiger partial charge in [-0.15, -0.1) is 11.3 Å². The van der Waals surface area contributed by atoms with Crippen LogP contribution in [0.15, 0.2) is 35.7 Å². The van der Waals surface area contributed by atoms with Crippen LogP contribution < -0.4 is 10.6 Å². The molecule has 1 fully saturated rings. The monoisotopic (exact) mass is 641 g/mol. The molecular weight excluding hydrogens is 590 g/mol. The van der Waals surface area contributed by atoms with Crippen LogP contribution >= 0.6 is 11.3 Å². The van der Waals surface area contributed by atoms with Crippen LogP contribution in [0.25, 0.3) is 0 Å². The Labute approximate surface area is 272 Å². The zero-order chi connectivity index (χ0) is 33.1. The SMILES string of the molecule is CCC(C)C(NC(=O)C1CCCCN1C)C(=O)N(C)C(CC(OC(C)=O)c1nc(C(=O)NCCc2ccccc2)cs1)C(C)C. The number of benzene rings is 1. The van der Waals surface area contributed by atoms with E-state index >= 15 is 0 Å². The summed E-state index contributed by atoms with van der Waals surface area (Å²) in [6.45, 7) is 10.7. The van der Waals surface area contributed by atoms with E-state index in [1.165, 1.54) is 18.3 Å². The average molecular weight is 642 g/mol. The molecule has 2 heterocycles. The topological polar surface area (TPSA) is 121 Å². The second-order valence-electron chi connectivity index (χ2n) is 12.5. The number of piperidine rings is 1. The van der Waals surface area contributed by atoms with Crippen LogP contribution in [-0.4, -0.2) is 83.8 Å². The first-order valence-electron chi connectivity index (χ1n) is 16.1. The Bertz CT molecular complexity index is 1270. The highest BCUT2D eigenvalue weighted by Gasteiger charge is 2.37. The molecule has 1 aromatic carbocycles. The van der Waals surface area contributed by atoms with Crippen LogP contribution in [0.1, 0.15) is 93.9 Å². The fraction of sp³-hybridized carbons (Fsp3) is 0.618. The minimum absolute atomic E-state index is 0.00971. The van der Waals surface area contributed by atoms with E-state index in [0.29, 0.717) is 24.4 Å². The Morgan fingerprint density at radius 3 is 2.47 bits per heavy atom. The van der Waals surface area contributed by atoms with Crippen molar-refractivity contribution in [1.82, 2.24) is 25.4 Å². The standard InChI is InChI=1S/C34H51N5O5S/c1-8-23(4)30(37-32(42)27-16-12-13-19-38(27)6)34(43)39(7)28(22(2)3)20-29(44-24(5)40)33-36-26(21-45-33)31(41)35-18-17-25-14-10-9-11-15-25/h9-11,14-15,21-23,27-30H,8,12-13,16-20H2,1-7H3,(H,35,41)(H,37,42). The smallest absolute Gasteiger partial charge is 0.303 e. The van der Waals surface area contributed by atoms with Gasteiger partial charge in [0.15, 0.2) is 6.10 Å². The number of nitrogens with zero attached hydrogens (tertiary/aromatic N) is 3. The highest BCUT2D eigenvalue weighted by atomic mass is 32.1. The molecule has 1 aliphatic heterocycles. The molecule has 3 amide bonds.